The molecule has 0 spiro atoms. The second-order valence-corrected chi connectivity index (χ2v) is 3.35. The maximum atomic E-state index is 10.8. The van der Waals surface area contributed by atoms with E-state index in [0.29, 0.717) is 5.56 Å². The number of amides is 1. The molecule has 0 heterocycles. The lowest BCUT2D eigenvalue weighted by atomic mass is 10.1. The average Bonchev–Trinajstić information content (AvgIpc) is 2.26. The van der Waals surface area contributed by atoms with E-state index in [0.717, 1.165) is 5.56 Å². The number of nitrogens with two attached hydrogens (primary N) is 1. The summed E-state index contributed by atoms with van der Waals surface area (Å²) < 4.78 is 5.07. The summed E-state index contributed by atoms with van der Waals surface area (Å²) in [4.78, 5) is 21.3. The SMILES string of the molecule is C[C@H](OCc1ccc(C(N)=O)cc1)C(=O)O. The summed E-state index contributed by atoms with van der Waals surface area (Å²) in [7, 11) is 0. The van der Waals surface area contributed by atoms with E-state index in [2.05, 4.69) is 0 Å². The van der Waals surface area contributed by atoms with Gasteiger partial charge < -0.3 is 15.6 Å². The van der Waals surface area contributed by atoms with Crippen LogP contribution in [0.15, 0.2) is 24.3 Å². The first-order valence-electron chi connectivity index (χ1n) is 4.74. The number of carbonyl (C=O) groups is 2. The van der Waals surface area contributed by atoms with Gasteiger partial charge in [-0.05, 0) is 24.6 Å². The minimum Gasteiger partial charge on any atom is -0.479 e. The maximum Gasteiger partial charge on any atom is 0.332 e. The second kappa shape index (κ2) is 5.27. The normalized spacial score (nSPS) is 12.1. The molecular weight excluding hydrogens is 210 g/mol. The molecule has 0 aliphatic heterocycles. The van der Waals surface area contributed by atoms with Gasteiger partial charge in [0.1, 0.15) is 0 Å². The number of primary amides is 1. The molecule has 0 saturated heterocycles. The predicted octanol–water partition coefficient (Wildman–Crippen LogP) is 0.775. The third-order valence-corrected chi connectivity index (χ3v) is 2.09. The quantitative estimate of drug-likeness (QED) is 0.771. The molecule has 16 heavy (non-hydrogen) atoms. The molecule has 5 heteroatoms. The highest BCUT2D eigenvalue weighted by Crippen LogP contribution is 2.06. The second-order valence-electron chi connectivity index (χ2n) is 3.35. The van der Waals surface area contributed by atoms with E-state index in [4.69, 9.17) is 15.6 Å². The highest BCUT2D eigenvalue weighted by Gasteiger charge is 2.10. The first kappa shape index (κ1) is 12.2. The van der Waals surface area contributed by atoms with Crippen molar-refractivity contribution in [1.82, 2.24) is 0 Å². The zero-order valence-electron chi connectivity index (χ0n) is 8.84. The molecule has 1 aromatic rings. The van der Waals surface area contributed by atoms with Crippen LogP contribution in [0.3, 0.4) is 0 Å². The minimum atomic E-state index is -1.01. The molecule has 0 saturated carbocycles. The molecule has 3 N–H and O–H groups in total. The van der Waals surface area contributed by atoms with Gasteiger partial charge >= 0.3 is 5.97 Å². The predicted molar refractivity (Wildman–Crippen MR) is 56.8 cm³/mol. The Morgan fingerprint density at radius 2 is 1.94 bits per heavy atom. The lowest BCUT2D eigenvalue weighted by molar-refractivity contribution is -0.149. The number of aliphatic carboxylic acids is 1. The Balaban J connectivity index is 2.56. The fraction of sp³-hybridized carbons (Fsp3) is 0.273. The molecule has 5 nitrogen and oxygen atoms in total. The monoisotopic (exact) mass is 223 g/mol. The molecule has 1 amide bonds. The van der Waals surface area contributed by atoms with Crippen molar-refractivity contribution in [3.05, 3.63) is 35.4 Å². The third-order valence-electron chi connectivity index (χ3n) is 2.09. The molecule has 0 radical (unpaired) electrons. The largest absolute Gasteiger partial charge is 0.479 e. The standard InChI is InChI=1S/C11H13NO4/c1-7(11(14)15)16-6-8-2-4-9(5-3-8)10(12)13/h2-5,7H,6H2,1H3,(H2,12,13)(H,14,15)/t7-/m0/s1. The zero-order chi connectivity index (χ0) is 12.1. The van der Waals surface area contributed by atoms with E-state index >= 15 is 0 Å². The molecule has 0 unspecified atom stereocenters. The number of ether oxygens (including phenoxy) is 1. The van der Waals surface area contributed by atoms with Gasteiger partial charge in [0.25, 0.3) is 0 Å². The van der Waals surface area contributed by atoms with Gasteiger partial charge in [0.15, 0.2) is 6.10 Å². The summed E-state index contributed by atoms with van der Waals surface area (Å²) >= 11 is 0. The van der Waals surface area contributed by atoms with E-state index in [1.165, 1.54) is 6.92 Å². The van der Waals surface area contributed by atoms with Crippen molar-refractivity contribution in [3.63, 3.8) is 0 Å². The molecule has 1 aromatic carbocycles. The van der Waals surface area contributed by atoms with Crippen LogP contribution in [0, 0.1) is 0 Å². The fourth-order valence-corrected chi connectivity index (χ4v) is 1.06. The van der Waals surface area contributed by atoms with E-state index in [1.54, 1.807) is 24.3 Å². The van der Waals surface area contributed by atoms with Gasteiger partial charge in [-0.25, -0.2) is 4.79 Å². The van der Waals surface area contributed by atoms with Gasteiger partial charge in [-0.3, -0.25) is 4.79 Å². The number of hydrogen-bond donors (Lipinski definition) is 2. The van der Waals surface area contributed by atoms with Crippen LogP contribution < -0.4 is 5.73 Å². The average molecular weight is 223 g/mol. The first-order chi connectivity index (χ1) is 7.50. The summed E-state index contributed by atoms with van der Waals surface area (Å²) in [6.07, 6.45) is -0.851. The number of hydrogen-bond acceptors (Lipinski definition) is 3. The number of carboxylic acid groups (broad SMARTS) is 1. The Kier molecular flexibility index (Phi) is 4.02. The summed E-state index contributed by atoms with van der Waals surface area (Å²) in [5, 5.41) is 8.59. The van der Waals surface area contributed by atoms with Crippen LogP contribution in [0.4, 0.5) is 0 Å². The Morgan fingerprint density at radius 1 is 1.38 bits per heavy atom. The molecule has 0 aliphatic rings. The highest BCUT2D eigenvalue weighted by molar-refractivity contribution is 5.92. The van der Waals surface area contributed by atoms with Crippen molar-refractivity contribution in [3.8, 4) is 0 Å². The zero-order valence-corrected chi connectivity index (χ0v) is 8.84. The first-order valence-corrected chi connectivity index (χ1v) is 4.74. The third kappa shape index (κ3) is 3.36. The van der Waals surface area contributed by atoms with Crippen molar-refractivity contribution < 1.29 is 19.4 Å². The molecular formula is C11H13NO4. The Bertz CT molecular complexity index is 385. The van der Waals surface area contributed by atoms with Gasteiger partial charge in [-0.2, -0.15) is 0 Å². The summed E-state index contributed by atoms with van der Waals surface area (Å²) in [5.41, 5.74) is 6.28. The van der Waals surface area contributed by atoms with Crippen LogP contribution in [-0.2, 0) is 16.1 Å². The lowest BCUT2D eigenvalue weighted by Gasteiger charge is -2.08. The number of benzene rings is 1. The van der Waals surface area contributed by atoms with Crippen LogP contribution in [0.5, 0.6) is 0 Å². The van der Waals surface area contributed by atoms with Gasteiger partial charge in [-0.1, -0.05) is 12.1 Å². The summed E-state index contributed by atoms with van der Waals surface area (Å²) in [5.74, 6) is -1.50. The van der Waals surface area contributed by atoms with Crippen LogP contribution in [-0.4, -0.2) is 23.1 Å². The highest BCUT2D eigenvalue weighted by atomic mass is 16.5. The molecule has 0 aliphatic carbocycles. The number of carbonyl (C=O) groups excluding carboxylic acids is 1. The summed E-state index contributed by atoms with van der Waals surface area (Å²) in [6.45, 7) is 1.65. The minimum absolute atomic E-state index is 0.187. The fourth-order valence-electron chi connectivity index (χ4n) is 1.06. The molecule has 0 aromatic heterocycles. The van der Waals surface area contributed by atoms with E-state index in [1.807, 2.05) is 0 Å². The Morgan fingerprint density at radius 3 is 2.38 bits per heavy atom. The van der Waals surface area contributed by atoms with Crippen molar-refractivity contribution in [1.29, 1.82) is 0 Å². The smallest absolute Gasteiger partial charge is 0.332 e. The van der Waals surface area contributed by atoms with Crippen LogP contribution in [0.25, 0.3) is 0 Å². The van der Waals surface area contributed by atoms with Crippen molar-refractivity contribution in [2.24, 2.45) is 5.73 Å². The molecule has 1 atom stereocenters. The molecule has 86 valence electrons. The molecule has 0 bridgehead atoms. The van der Waals surface area contributed by atoms with Gasteiger partial charge in [0.05, 0.1) is 6.61 Å². The Hall–Kier alpha value is -1.88. The lowest BCUT2D eigenvalue weighted by Crippen LogP contribution is -2.19. The van der Waals surface area contributed by atoms with Gasteiger partial charge in [-0.15, -0.1) is 0 Å². The number of rotatable bonds is 5. The van der Waals surface area contributed by atoms with Crippen LogP contribution in [0.1, 0.15) is 22.8 Å². The van der Waals surface area contributed by atoms with Gasteiger partial charge in [0.2, 0.25) is 5.91 Å². The van der Waals surface area contributed by atoms with E-state index in [-0.39, 0.29) is 6.61 Å². The van der Waals surface area contributed by atoms with Crippen LogP contribution >= 0.6 is 0 Å². The molecule has 0 fully saturated rings. The van der Waals surface area contributed by atoms with E-state index in [9.17, 15) is 9.59 Å². The topological polar surface area (TPSA) is 89.6 Å². The van der Waals surface area contributed by atoms with E-state index < -0.39 is 18.0 Å². The maximum absolute atomic E-state index is 10.8. The Labute approximate surface area is 92.8 Å². The van der Waals surface area contributed by atoms with Crippen molar-refractivity contribution in [2.75, 3.05) is 0 Å². The summed E-state index contributed by atoms with van der Waals surface area (Å²) in [6, 6.07) is 6.50. The van der Waals surface area contributed by atoms with Crippen molar-refractivity contribution in [2.45, 2.75) is 19.6 Å². The van der Waals surface area contributed by atoms with Crippen LogP contribution in [0.2, 0.25) is 0 Å². The van der Waals surface area contributed by atoms with Gasteiger partial charge in [0, 0.05) is 5.56 Å². The van der Waals surface area contributed by atoms with Crippen molar-refractivity contribution >= 4 is 11.9 Å². The number of carboxylic acids is 1. The molecule has 1 rings (SSSR count).